The first-order chi connectivity index (χ1) is 14.7. The highest BCUT2D eigenvalue weighted by atomic mass is 32.1. The molecule has 156 valence electrons. The summed E-state index contributed by atoms with van der Waals surface area (Å²) in [6.45, 7) is 5.38. The largest absolute Gasteiger partial charge is 0.494 e. The Bertz CT molecular complexity index is 956. The first-order valence-corrected chi connectivity index (χ1v) is 11.3. The minimum absolute atomic E-state index is 0.0386. The average molecular weight is 422 g/mol. The smallest absolute Gasteiger partial charge is 0.226 e. The number of aromatic nitrogens is 1. The van der Waals surface area contributed by atoms with Crippen LogP contribution in [0.3, 0.4) is 0 Å². The van der Waals surface area contributed by atoms with E-state index in [2.05, 4.69) is 39.5 Å². The van der Waals surface area contributed by atoms with E-state index in [0.717, 1.165) is 48.1 Å². The highest BCUT2D eigenvalue weighted by Gasteiger charge is 2.23. The minimum Gasteiger partial charge on any atom is -0.494 e. The summed E-state index contributed by atoms with van der Waals surface area (Å²) in [6.07, 6.45) is 1.43. The van der Waals surface area contributed by atoms with Crippen LogP contribution < -0.4 is 15.0 Å². The molecular weight excluding hydrogens is 394 g/mol. The van der Waals surface area contributed by atoms with Crippen molar-refractivity contribution in [2.24, 2.45) is 5.92 Å². The second kappa shape index (κ2) is 9.76. The second-order valence-corrected chi connectivity index (χ2v) is 8.38. The van der Waals surface area contributed by atoms with Gasteiger partial charge in [0, 0.05) is 36.3 Å². The Morgan fingerprint density at radius 2 is 2.00 bits per heavy atom. The van der Waals surface area contributed by atoms with E-state index in [1.54, 1.807) is 11.3 Å². The fourth-order valence-corrected chi connectivity index (χ4v) is 4.56. The highest BCUT2D eigenvalue weighted by Crippen LogP contribution is 2.26. The van der Waals surface area contributed by atoms with Gasteiger partial charge in [-0.15, -0.1) is 11.3 Å². The van der Waals surface area contributed by atoms with Crippen molar-refractivity contribution in [1.29, 1.82) is 0 Å². The Kier molecular flexibility index (Phi) is 6.64. The van der Waals surface area contributed by atoms with E-state index in [4.69, 9.17) is 4.74 Å². The summed E-state index contributed by atoms with van der Waals surface area (Å²) in [5.41, 5.74) is 3.12. The van der Waals surface area contributed by atoms with Crippen molar-refractivity contribution in [2.75, 3.05) is 31.1 Å². The van der Waals surface area contributed by atoms with Gasteiger partial charge in [0.05, 0.1) is 18.7 Å². The zero-order valence-electron chi connectivity index (χ0n) is 17.2. The van der Waals surface area contributed by atoms with Gasteiger partial charge in [-0.25, -0.2) is 4.98 Å². The molecule has 0 spiro atoms. The Hall–Kier alpha value is -2.86. The Morgan fingerprint density at radius 3 is 2.77 bits per heavy atom. The van der Waals surface area contributed by atoms with E-state index in [0.29, 0.717) is 18.9 Å². The molecule has 1 aromatic heterocycles. The van der Waals surface area contributed by atoms with Crippen molar-refractivity contribution in [3.63, 3.8) is 0 Å². The van der Waals surface area contributed by atoms with Crippen molar-refractivity contribution in [3.8, 4) is 16.3 Å². The molecular formula is C24H27N3O2S. The monoisotopic (exact) mass is 421 g/mol. The number of para-hydroxylation sites is 1. The quantitative estimate of drug-likeness (QED) is 0.586. The summed E-state index contributed by atoms with van der Waals surface area (Å²) in [4.78, 5) is 19.4. The Morgan fingerprint density at radius 1 is 1.20 bits per heavy atom. The number of rotatable bonds is 8. The van der Waals surface area contributed by atoms with Gasteiger partial charge in [0.25, 0.3) is 0 Å². The van der Waals surface area contributed by atoms with Gasteiger partial charge >= 0.3 is 0 Å². The lowest BCUT2D eigenvalue weighted by molar-refractivity contribution is -0.120. The van der Waals surface area contributed by atoms with Crippen LogP contribution in [0.5, 0.6) is 5.75 Å². The standard InChI is InChI=1S/C24H27N3O2S/c1-2-29-22-10-8-19(9-11-22)24-26-20(17-30-24)14-23(28)25-15-18-12-13-27(16-18)21-6-4-3-5-7-21/h3-11,17-18H,2,12-16H2,1H3,(H,25,28). The van der Waals surface area contributed by atoms with Crippen LogP contribution in [0.25, 0.3) is 10.6 Å². The number of nitrogens with zero attached hydrogens (tertiary/aromatic N) is 2. The van der Waals surface area contributed by atoms with Crippen LogP contribution in [0.2, 0.25) is 0 Å². The summed E-state index contributed by atoms with van der Waals surface area (Å²) >= 11 is 1.57. The zero-order chi connectivity index (χ0) is 20.8. The third kappa shape index (κ3) is 5.19. The molecule has 1 saturated heterocycles. The van der Waals surface area contributed by atoms with Crippen molar-refractivity contribution in [1.82, 2.24) is 10.3 Å². The van der Waals surface area contributed by atoms with Crippen LogP contribution in [-0.4, -0.2) is 37.1 Å². The molecule has 1 unspecified atom stereocenters. The maximum absolute atomic E-state index is 12.4. The maximum atomic E-state index is 12.4. The molecule has 0 saturated carbocycles. The van der Waals surface area contributed by atoms with E-state index in [1.165, 1.54) is 5.69 Å². The van der Waals surface area contributed by atoms with E-state index in [-0.39, 0.29) is 5.91 Å². The van der Waals surface area contributed by atoms with Crippen LogP contribution in [0.4, 0.5) is 5.69 Å². The number of hydrogen-bond acceptors (Lipinski definition) is 5. The van der Waals surface area contributed by atoms with E-state index < -0.39 is 0 Å². The predicted octanol–water partition coefficient (Wildman–Crippen LogP) is 4.39. The molecule has 0 bridgehead atoms. The lowest BCUT2D eigenvalue weighted by Crippen LogP contribution is -2.32. The molecule has 3 aromatic rings. The van der Waals surface area contributed by atoms with Gasteiger partial charge in [0.2, 0.25) is 5.91 Å². The summed E-state index contributed by atoms with van der Waals surface area (Å²) in [5, 5.41) is 5.99. The van der Waals surface area contributed by atoms with E-state index in [9.17, 15) is 4.79 Å². The van der Waals surface area contributed by atoms with Crippen LogP contribution >= 0.6 is 11.3 Å². The fourth-order valence-electron chi connectivity index (χ4n) is 3.74. The van der Waals surface area contributed by atoms with E-state index >= 15 is 0 Å². The first kappa shape index (κ1) is 20.4. The minimum atomic E-state index is 0.0386. The molecule has 5 nitrogen and oxygen atoms in total. The molecule has 2 aromatic carbocycles. The number of ether oxygens (including phenoxy) is 1. The second-order valence-electron chi connectivity index (χ2n) is 7.52. The molecule has 1 aliphatic heterocycles. The number of hydrogen-bond donors (Lipinski definition) is 1. The zero-order valence-corrected chi connectivity index (χ0v) is 18.0. The van der Waals surface area contributed by atoms with Crippen molar-refractivity contribution < 1.29 is 9.53 Å². The maximum Gasteiger partial charge on any atom is 0.226 e. The molecule has 30 heavy (non-hydrogen) atoms. The first-order valence-electron chi connectivity index (χ1n) is 10.5. The molecule has 0 radical (unpaired) electrons. The molecule has 0 aliphatic carbocycles. The van der Waals surface area contributed by atoms with E-state index in [1.807, 2.05) is 42.6 Å². The summed E-state index contributed by atoms with van der Waals surface area (Å²) in [7, 11) is 0. The highest BCUT2D eigenvalue weighted by molar-refractivity contribution is 7.13. The van der Waals surface area contributed by atoms with Gasteiger partial charge < -0.3 is 15.0 Å². The molecule has 1 fully saturated rings. The topological polar surface area (TPSA) is 54.5 Å². The average Bonchev–Trinajstić information content (AvgIpc) is 3.44. The molecule has 1 atom stereocenters. The number of amides is 1. The number of carbonyl (C=O) groups is 1. The van der Waals surface area contributed by atoms with Crippen molar-refractivity contribution in [3.05, 3.63) is 65.7 Å². The Balaban J connectivity index is 1.25. The normalized spacial score (nSPS) is 15.9. The number of thiazole rings is 1. The van der Waals surface area contributed by atoms with Gasteiger partial charge in [0.1, 0.15) is 10.8 Å². The number of nitrogens with one attached hydrogen (secondary N) is 1. The Labute approximate surface area is 181 Å². The number of anilines is 1. The third-order valence-corrected chi connectivity index (χ3v) is 6.24. The number of carbonyl (C=O) groups excluding carboxylic acids is 1. The van der Waals surface area contributed by atoms with Gasteiger partial charge in [-0.05, 0) is 55.7 Å². The molecule has 4 rings (SSSR count). The molecule has 1 amide bonds. The van der Waals surface area contributed by atoms with Gasteiger partial charge in [-0.3, -0.25) is 4.79 Å². The molecule has 1 aliphatic rings. The predicted molar refractivity (Wildman–Crippen MR) is 122 cm³/mol. The van der Waals surface area contributed by atoms with Crippen molar-refractivity contribution >= 4 is 22.9 Å². The van der Waals surface area contributed by atoms with Crippen LogP contribution in [0.1, 0.15) is 19.0 Å². The van der Waals surface area contributed by atoms with Gasteiger partial charge in [-0.2, -0.15) is 0 Å². The van der Waals surface area contributed by atoms with Crippen molar-refractivity contribution in [2.45, 2.75) is 19.8 Å². The lowest BCUT2D eigenvalue weighted by Gasteiger charge is -2.18. The third-order valence-electron chi connectivity index (χ3n) is 5.30. The molecule has 6 heteroatoms. The summed E-state index contributed by atoms with van der Waals surface area (Å²) in [5.74, 6) is 1.39. The van der Waals surface area contributed by atoms with Gasteiger partial charge in [-0.1, -0.05) is 18.2 Å². The summed E-state index contributed by atoms with van der Waals surface area (Å²) in [6, 6.07) is 18.4. The fraction of sp³-hybridized carbons (Fsp3) is 0.333. The van der Waals surface area contributed by atoms with Gasteiger partial charge in [0.15, 0.2) is 0 Å². The van der Waals surface area contributed by atoms with Crippen LogP contribution in [0.15, 0.2) is 60.0 Å². The molecule has 1 N–H and O–H groups in total. The lowest BCUT2D eigenvalue weighted by atomic mass is 10.1. The van der Waals surface area contributed by atoms with Crippen LogP contribution in [0, 0.1) is 5.92 Å². The molecule has 2 heterocycles. The number of benzene rings is 2. The summed E-state index contributed by atoms with van der Waals surface area (Å²) < 4.78 is 5.48. The SMILES string of the molecule is CCOc1ccc(-c2nc(CC(=O)NCC3CCN(c4ccccc4)C3)cs2)cc1. The van der Waals surface area contributed by atoms with Crippen LogP contribution in [-0.2, 0) is 11.2 Å².